The fourth-order valence-corrected chi connectivity index (χ4v) is 7.05. The van der Waals surface area contributed by atoms with Crippen molar-refractivity contribution >= 4 is 17.8 Å². The van der Waals surface area contributed by atoms with E-state index < -0.39 is 179 Å². The number of hydrogen-bond acceptors (Lipinski definition) is 23. The Bertz CT molecular complexity index is 1350. The number of carboxylic acid groups (broad SMARTS) is 1. The standard InChI is InChI=1S/C31H52N2O24/c1-8(38)32-15-10(40)3-31(30(49)50,56-24(15)17(42)11(41)4-34)57-25-16(33-9(2)39)28(52-12(5-35)18(25)43)55-26-19(44)13(6-36)53-29(22(26)47)54-23-14(7-37)51-27(48)21(46)20(23)45/h10-29,34-37,40-48H,3-7H2,1-2H3,(H,32,38)(H,33,39)(H,49,50)/t10-,11+,12+,13+,14+,15+,16+,17+,18-,19-,20+,21+,22+,23+,24+,25+,26-,27+,28-,29-,31-/m0/s1. The van der Waals surface area contributed by atoms with E-state index in [2.05, 4.69) is 10.6 Å². The summed E-state index contributed by atoms with van der Waals surface area (Å²) in [4.78, 5) is 37.5. The Morgan fingerprint density at radius 2 is 1.21 bits per heavy atom. The Morgan fingerprint density at radius 1 is 0.684 bits per heavy atom. The lowest BCUT2D eigenvalue weighted by molar-refractivity contribution is -0.382. The van der Waals surface area contributed by atoms with Crippen LogP contribution < -0.4 is 10.6 Å². The van der Waals surface area contributed by atoms with Crippen molar-refractivity contribution in [2.24, 2.45) is 0 Å². The molecule has 4 aliphatic rings. The second kappa shape index (κ2) is 19.8. The minimum atomic E-state index is -3.12. The van der Waals surface area contributed by atoms with Gasteiger partial charge >= 0.3 is 5.97 Å². The van der Waals surface area contributed by atoms with Gasteiger partial charge in [-0.05, 0) is 0 Å². The molecule has 21 atom stereocenters. The van der Waals surface area contributed by atoms with Gasteiger partial charge in [0.25, 0.3) is 5.79 Å². The van der Waals surface area contributed by atoms with Crippen LogP contribution in [-0.2, 0) is 47.5 Å². The van der Waals surface area contributed by atoms with Gasteiger partial charge in [-0.15, -0.1) is 0 Å². The van der Waals surface area contributed by atoms with Crippen LogP contribution in [0.5, 0.6) is 0 Å². The minimum absolute atomic E-state index is 0.792. The third kappa shape index (κ3) is 10.2. The van der Waals surface area contributed by atoms with Crippen LogP contribution in [0.3, 0.4) is 0 Å². The van der Waals surface area contributed by atoms with Crippen LogP contribution in [0.4, 0.5) is 0 Å². The topological polar surface area (TPSA) is 423 Å². The molecule has 0 bridgehead atoms. The lowest BCUT2D eigenvalue weighted by Crippen LogP contribution is -2.72. The highest BCUT2D eigenvalue weighted by atomic mass is 16.8. The molecule has 0 saturated carbocycles. The molecule has 16 N–H and O–H groups in total. The van der Waals surface area contributed by atoms with Crippen LogP contribution in [-0.4, -0.2) is 244 Å². The molecule has 0 unspecified atom stereocenters. The van der Waals surface area contributed by atoms with Gasteiger partial charge in [-0.2, -0.15) is 0 Å². The van der Waals surface area contributed by atoms with E-state index in [0.717, 1.165) is 13.8 Å². The largest absolute Gasteiger partial charge is 0.477 e. The van der Waals surface area contributed by atoms with Crippen LogP contribution in [0.2, 0.25) is 0 Å². The van der Waals surface area contributed by atoms with Gasteiger partial charge in [-0.1, -0.05) is 0 Å². The van der Waals surface area contributed by atoms with Gasteiger partial charge in [0.15, 0.2) is 18.9 Å². The van der Waals surface area contributed by atoms with E-state index in [1.54, 1.807) is 0 Å². The fraction of sp³-hybridized carbons (Fsp3) is 0.903. The highest BCUT2D eigenvalue weighted by Gasteiger charge is 2.61. The van der Waals surface area contributed by atoms with Crippen LogP contribution in [0, 0.1) is 0 Å². The molecule has 4 rings (SSSR count). The highest BCUT2D eigenvalue weighted by molar-refractivity contribution is 5.77. The van der Waals surface area contributed by atoms with Gasteiger partial charge in [0, 0.05) is 20.3 Å². The summed E-state index contributed by atoms with van der Waals surface area (Å²) < 4.78 is 39.1. The molecule has 4 heterocycles. The number of aliphatic hydroxyl groups excluding tert-OH is 13. The Kier molecular flexibility index (Phi) is 16.4. The summed E-state index contributed by atoms with van der Waals surface area (Å²) in [7, 11) is 0. The van der Waals surface area contributed by atoms with Gasteiger partial charge in [0.2, 0.25) is 11.8 Å². The van der Waals surface area contributed by atoms with E-state index in [0.29, 0.717) is 0 Å². The molecule has 0 aromatic rings. The summed E-state index contributed by atoms with van der Waals surface area (Å²) in [5.74, 6) is -6.85. The molecule has 57 heavy (non-hydrogen) atoms. The van der Waals surface area contributed by atoms with E-state index in [9.17, 15) is 85.9 Å². The average Bonchev–Trinajstić information content (AvgIpc) is 3.16. The van der Waals surface area contributed by atoms with Crippen LogP contribution >= 0.6 is 0 Å². The number of ether oxygens (including phenoxy) is 7. The number of carboxylic acids is 1. The third-order valence-electron chi connectivity index (χ3n) is 9.98. The van der Waals surface area contributed by atoms with E-state index in [4.69, 9.17) is 33.2 Å². The zero-order chi connectivity index (χ0) is 42.7. The van der Waals surface area contributed by atoms with Gasteiger partial charge < -0.3 is 115 Å². The SMILES string of the molecule is CC(=O)N[C@H]1[C@H](O[C@H]2[C@@H](O)[C@@H](CO)O[C@@H](O[C@H]3[C@H](O)[C@@H](O)[C@H](O)O[C@@H]3CO)[C@@H]2O)O[C@H](CO)[C@H](O)[C@@H]1O[C@]1(C(=O)O)C[C@H](O)[C@@H](NC(C)=O)[C@H]([C@H](O)[C@H](O)CO)O1. The second-order valence-corrected chi connectivity index (χ2v) is 14.0. The maximum absolute atomic E-state index is 13.0. The van der Waals surface area contributed by atoms with E-state index >= 15 is 0 Å². The first-order valence-electron chi connectivity index (χ1n) is 17.7. The number of aliphatic hydroxyl groups is 13. The quantitative estimate of drug-likeness (QED) is 0.0728. The monoisotopic (exact) mass is 836 g/mol. The zero-order valence-corrected chi connectivity index (χ0v) is 30.4. The molecule has 0 aromatic carbocycles. The first kappa shape index (κ1) is 47.3. The number of hydrogen-bond donors (Lipinski definition) is 16. The van der Waals surface area contributed by atoms with Gasteiger partial charge in [0.05, 0.1) is 38.6 Å². The summed E-state index contributed by atoms with van der Waals surface area (Å²) in [6.07, 6.45) is -36.2. The number of aliphatic carboxylic acids is 1. The fourth-order valence-electron chi connectivity index (χ4n) is 7.05. The third-order valence-corrected chi connectivity index (χ3v) is 9.98. The lowest BCUT2D eigenvalue weighted by Gasteiger charge is -2.51. The predicted molar refractivity (Wildman–Crippen MR) is 174 cm³/mol. The van der Waals surface area contributed by atoms with Crippen molar-refractivity contribution in [1.29, 1.82) is 0 Å². The minimum Gasteiger partial charge on any atom is -0.477 e. The van der Waals surface area contributed by atoms with Crippen LogP contribution in [0.1, 0.15) is 20.3 Å². The average molecular weight is 837 g/mol. The summed E-state index contributed by atoms with van der Waals surface area (Å²) in [5, 5.41) is 151. The van der Waals surface area contributed by atoms with E-state index in [1.807, 2.05) is 0 Å². The Labute approximate surface area is 322 Å². The van der Waals surface area contributed by atoms with E-state index in [1.165, 1.54) is 0 Å². The molecular formula is C31H52N2O24. The van der Waals surface area contributed by atoms with Crippen molar-refractivity contribution in [1.82, 2.24) is 10.6 Å². The summed E-state index contributed by atoms with van der Waals surface area (Å²) in [6, 6.07) is -3.51. The first-order valence-corrected chi connectivity index (χ1v) is 17.7. The molecule has 26 heteroatoms. The normalized spacial score (nSPS) is 45.1. The van der Waals surface area contributed by atoms with Crippen LogP contribution in [0.15, 0.2) is 0 Å². The summed E-state index contributed by atoms with van der Waals surface area (Å²) in [6.45, 7) is -2.07. The van der Waals surface area contributed by atoms with Crippen molar-refractivity contribution in [2.45, 2.75) is 149 Å². The number of carbonyl (C=O) groups is 3. The Balaban J connectivity index is 1.71. The molecule has 4 fully saturated rings. The maximum atomic E-state index is 13.0. The Hall–Kier alpha value is -2.39. The molecule has 0 radical (unpaired) electrons. The van der Waals surface area contributed by atoms with Crippen molar-refractivity contribution in [3.63, 3.8) is 0 Å². The highest BCUT2D eigenvalue weighted by Crippen LogP contribution is 2.39. The maximum Gasteiger partial charge on any atom is 0.364 e. The van der Waals surface area contributed by atoms with Gasteiger partial charge in [-0.3, -0.25) is 9.59 Å². The van der Waals surface area contributed by atoms with Crippen LogP contribution in [0.25, 0.3) is 0 Å². The predicted octanol–water partition coefficient (Wildman–Crippen LogP) is -10.3. The second-order valence-electron chi connectivity index (χ2n) is 14.0. The van der Waals surface area contributed by atoms with E-state index in [-0.39, 0.29) is 0 Å². The van der Waals surface area contributed by atoms with Crippen molar-refractivity contribution < 1.29 is 119 Å². The Morgan fingerprint density at radius 3 is 1.74 bits per heavy atom. The van der Waals surface area contributed by atoms with Gasteiger partial charge in [-0.25, -0.2) is 4.79 Å². The molecule has 2 amide bonds. The number of amides is 2. The first-order chi connectivity index (χ1) is 26.7. The molecule has 0 aliphatic carbocycles. The number of nitrogens with one attached hydrogen (secondary N) is 2. The molecule has 330 valence electrons. The van der Waals surface area contributed by atoms with Gasteiger partial charge in [0.1, 0.15) is 91.5 Å². The molecule has 4 saturated heterocycles. The summed E-state index contributed by atoms with van der Waals surface area (Å²) in [5.41, 5.74) is 0. The van der Waals surface area contributed by atoms with Crippen molar-refractivity contribution in [3.05, 3.63) is 0 Å². The number of rotatable bonds is 15. The van der Waals surface area contributed by atoms with Crippen molar-refractivity contribution in [2.75, 3.05) is 26.4 Å². The molecule has 26 nitrogen and oxygen atoms in total. The number of carbonyl (C=O) groups excluding carboxylic acids is 2. The van der Waals surface area contributed by atoms with Crippen molar-refractivity contribution in [3.8, 4) is 0 Å². The molecule has 4 aliphatic heterocycles. The zero-order valence-electron chi connectivity index (χ0n) is 30.4. The summed E-state index contributed by atoms with van der Waals surface area (Å²) >= 11 is 0. The molecule has 0 aromatic heterocycles. The lowest BCUT2D eigenvalue weighted by atomic mass is 9.88. The molecule has 0 spiro atoms. The molecular weight excluding hydrogens is 784 g/mol. The smallest absolute Gasteiger partial charge is 0.364 e.